The highest BCUT2D eigenvalue weighted by atomic mass is 127. The maximum absolute atomic E-state index is 13.8. The van der Waals surface area contributed by atoms with Crippen molar-refractivity contribution in [3.05, 3.63) is 62.3 Å². The zero-order valence-corrected chi connectivity index (χ0v) is 26.7. The molecule has 5 rings (SSSR count). The summed E-state index contributed by atoms with van der Waals surface area (Å²) in [7, 11) is 1.47. The molecule has 11 heteroatoms. The maximum Gasteiger partial charge on any atom is 0.488 e. The van der Waals surface area contributed by atoms with Gasteiger partial charge in [-0.25, -0.2) is 0 Å². The van der Waals surface area contributed by atoms with E-state index < -0.39 is 19.0 Å². The number of hydrogen-bond acceptors (Lipinski definition) is 8. The molecule has 2 fully saturated rings. The Hall–Kier alpha value is -2.71. The van der Waals surface area contributed by atoms with E-state index in [1.807, 2.05) is 12.1 Å². The van der Waals surface area contributed by atoms with Crippen LogP contribution in [0.2, 0.25) is 0 Å². The van der Waals surface area contributed by atoms with E-state index in [0.29, 0.717) is 31.1 Å². The average molecular weight is 701 g/mol. The number of anilines is 1. The van der Waals surface area contributed by atoms with Crippen molar-refractivity contribution in [2.45, 2.75) is 45.1 Å². The van der Waals surface area contributed by atoms with Gasteiger partial charge >= 0.3 is 7.12 Å². The normalized spacial score (nSPS) is 23.6. The smallest absolute Gasteiger partial charge is 0.488 e. The van der Waals surface area contributed by atoms with Crippen LogP contribution in [0.3, 0.4) is 0 Å². The molecule has 0 radical (unpaired) electrons. The number of amides is 2. The zero-order valence-electron chi connectivity index (χ0n) is 24.6. The van der Waals surface area contributed by atoms with Crippen LogP contribution in [0.1, 0.15) is 44.6 Å². The highest BCUT2D eigenvalue weighted by Crippen LogP contribution is 2.50. The molecular formula is C32H37BINO8. The minimum Gasteiger partial charge on any atom is -0.504 e. The van der Waals surface area contributed by atoms with E-state index in [2.05, 4.69) is 35.6 Å². The van der Waals surface area contributed by atoms with Gasteiger partial charge in [0, 0.05) is 13.0 Å². The Morgan fingerprint density at radius 1 is 1.14 bits per heavy atom. The second-order valence-corrected chi connectivity index (χ2v) is 12.5. The summed E-state index contributed by atoms with van der Waals surface area (Å²) in [5.41, 5.74) is 4.88. The summed E-state index contributed by atoms with van der Waals surface area (Å²) in [5, 5.41) is 29.5. The Bertz CT molecular complexity index is 1460. The Morgan fingerprint density at radius 2 is 1.93 bits per heavy atom. The van der Waals surface area contributed by atoms with Gasteiger partial charge < -0.3 is 29.4 Å². The lowest BCUT2D eigenvalue weighted by molar-refractivity contribution is -0.122. The van der Waals surface area contributed by atoms with Gasteiger partial charge in [-0.1, -0.05) is 37.1 Å². The number of allylic oxidation sites excluding steroid dienone is 1. The van der Waals surface area contributed by atoms with Crippen molar-refractivity contribution < 1.29 is 39.0 Å². The molecule has 2 heterocycles. The first kappa shape index (κ1) is 31.7. The van der Waals surface area contributed by atoms with Crippen molar-refractivity contribution in [1.29, 1.82) is 0 Å². The van der Waals surface area contributed by atoms with Crippen LogP contribution in [0.25, 0.3) is 6.08 Å². The van der Waals surface area contributed by atoms with Gasteiger partial charge in [0.25, 0.3) is 0 Å². The fourth-order valence-electron chi connectivity index (χ4n) is 6.83. The van der Waals surface area contributed by atoms with E-state index in [-0.39, 0.29) is 35.0 Å². The number of rotatable bonds is 11. The number of phenols is 1. The number of aromatic hydroxyl groups is 1. The number of phenolic OH excluding ortho intramolecular Hbond substituents is 1. The Kier molecular flexibility index (Phi) is 9.97. The molecule has 2 aliphatic heterocycles. The first-order valence-corrected chi connectivity index (χ1v) is 15.7. The van der Waals surface area contributed by atoms with Gasteiger partial charge in [0.1, 0.15) is 0 Å². The molecule has 3 N–H and O–H groups in total. The van der Waals surface area contributed by atoms with Crippen molar-refractivity contribution in [3.8, 4) is 11.5 Å². The van der Waals surface area contributed by atoms with Gasteiger partial charge in [0.2, 0.25) is 11.8 Å². The van der Waals surface area contributed by atoms with Crippen LogP contribution in [-0.2, 0) is 19.1 Å². The number of ether oxygens (including phenoxy) is 3. The number of methoxy groups -OCH3 is 2. The Morgan fingerprint density at radius 3 is 2.63 bits per heavy atom. The third kappa shape index (κ3) is 6.28. The second kappa shape index (κ2) is 13.5. The summed E-state index contributed by atoms with van der Waals surface area (Å²) >= 11 is 2.10. The maximum atomic E-state index is 13.8. The van der Waals surface area contributed by atoms with Gasteiger partial charge in [-0.15, -0.1) is 0 Å². The fraction of sp³-hybridized carbons (Fsp3) is 0.438. The molecule has 3 aliphatic rings. The lowest BCUT2D eigenvalue weighted by Crippen LogP contribution is -2.36. The predicted octanol–water partition coefficient (Wildman–Crippen LogP) is 3.82. The van der Waals surface area contributed by atoms with Crippen LogP contribution in [0.15, 0.2) is 53.1 Å². The van der Waals surface area contributed by atoms with Crippen LogP contribution in [-0.4, -0.2) is 67.6 Å². The van der Waals surface area contributed by atoms with Crippen molar-refractivity contribution in [2.24, 2.45) is 17.8 Å². The molecule has 1 aliphatic carbocycles. The van der Waals surface area contributed by atoms with Gasteiger partial charge in [-0.3, -0.25) is 14.5 Å². The van der Waals surface area contributed by atoms with E-state index in [0.717, 1.165) is 46.0 Å². The second-order valence-electron chi connectivity index (χ2n) is 11.4. The van der Waals surface area contributed by atoms with Crippen molar-refractivity contribution in [1.82, 2.24) is 0 Å². The lowest BCUT2D eigenvalue weighted by atomic mass is 9.69. The monoisotopic (exact) mass is 701 g/mol. The number of halogens is 1. The summed E-state index contributed by atoms with van der Waals surface area (Å²) in [6.07, 6.45) is 5.81. The van der Waals surface area contributed by atoms with E-state index >= 15 is 0 Å². The molecule has 43 heavy (non-hydrogen) atoms. The number of imide groups is 1. The van der Waals surface area contributed by atoms with Gasteiger partial charge in [-0.05, 0) is 94.7 Å². The summed E-state index contributed by atoms with van der Waals surface area (Å²) in [6, 6.07) is 10.0. The zero-order chi connectivity index (χ0) is 30.8. The molecule has 9 nitrogen and oxygen atoms in total. The highest BCUT2D eigenvalue weighted by molar-refractivity contribution is 14.1. The van der Waals surface area contributed by atoms with Crippen molar-refractivity contribution >= 4 is 58.7 Å². The van der Waals surface area contributed by atoms with E-state index in [1.165, 1.54) is 29.7 Å². The highest BCUT2D eigenvalue weighted by Gasteiger charge is 2.57. The number of fused-ring (bicyclic) bond motifs is 3. The molecule has 0 spiro atoms. The van der Waals surface area contributed by atoms with E-state index in [1.54, 1.807) is 19.2 Å². The number of carbonyl (C=O) groups is 2. The largest absolute Gasteiger partial charge is 0.504 e. The topological polar surface area (TPSA) is 126 Å². The number of hydrogen-bond donors (Lipinski definition) is 3. The minimum absolute atomic E-state index is 0.133. The summed E-state index contributed by atoms with van der Waals surface area (Å²) in [6.45, 7) is 2.87. The number of benzene rings is 2. The van der Waals surface area contributed by atoms with E-state index in [9.17, 15) is 24.7 Å². The molecule has 2 saturated heterocycles. The van der Waals surface area contributed by atoms with Crippen LogP contribution in [0.4, 0.5) is 5.69 Å². The van der Waals surface area contributed by atoms with Crippen molar-refractivity contribution in [3.63, 3.8) is 0 Å². The third-order valence-corrected chi connectivity index (χ3v) is 9.52. The molecule has 4 atom stereocenters. The van der Waals surface area contributed by atoms with E-state index in [4.69, 9.17) is 14.2 Å². The molecule has 2 aromatic rings. The van der Waals surface area contributed by atoms with Gasteiger partial charge in [0.15, 0.2) is 11.5 Å². The van der Waals surface area contributed by atoms with Crippen LogP contribution < -0.4 is 15.1 Å². The summed E-state index contributed by atoms with van der Waals surface area (Å²) < 4.78 is 18.0. The van der Waals surface area contributed by atoms with Crippen LogP contribution >= 0.6 is 22.6 Å². The predicted molar refractivity (Wildman–Crippen MR) is 172 cm³/mol. The molecular weight excluding hydrogens is 664 g/mol. The third-order valence-electron chi connectivity index (χ3n) is 8.69. The molecule has 0 saturated carbocycles. The molecule has 2 aromatic carbocycles. The Balaban J connectivity index is 1.39. The average Bonchev–Trinajstić information content (AvgIpc) is 3.52. The Labute approximate surface area is 265 Å². The quantitative estimate of drug-likeness (QED) is 0.140. The van der Waals surface area contributed by atoms with Gasteiger partial charge in [0.05, 0.1) is 47.5 Å². The molecule has 2 amide bonds. The molecule has 228 valence electrons. The summed E-state index contributed by atoms with van der Waals surface area (Å²) in [4.78, 5) is 28.7. The first-order valence-electron chi connectivity index (χ1n) is 14.6. The minimum atomic E-state index is -1.70. The number of nitrogens with zero attached hydrogens (tertiary/aromatic N) is 1. The molecule has 0 aromatic heterocycles. The number of carbonyl (C=O) groups excluding carboxylic acids is 2. The lowest BCUT2D eigenvalue weighted by Gasteiger charge is -2.31. The van der Waals surface area contributed by atoms with Crippen molar-refractivity contribution in [2.75, 3.05) is 32.3 Å². The molecule has 0 unspecified atom stereocenters. The SMILES string of the molecule is CCC/C(=C\c1cc(I)c(O)c(OC)c1)CC[C@H]1OC[C@H]2C1=C(COC)C[C@H]1C(=O)N(c3cccc(B(O)O)c3)C(=O)[C@H]12. The summed E-state index contributed by atoms with van der Waals surface area (Å²) in [5.74, 6) is -1.25. The standard InChI is InChI=1S/C32H37BINO8/c1-4-6-18(11-19-12-25(34)30(36)27(13-19)42-3)9-10-26-28-20(16-41-2)14-23-29(24(28)17-43-26)32(38)35(31(23)37)22-8-5-7-21(15-22)33(39)40/h5,7-8,11-13,15,23-24,26,29,36,39-40H,4,6,9-10,14,16-17H2,1-3H3/b18-11+/t23-,24+,26-,29-/m1/s1. The molecule has 0 bridgehead atoms. The fourth-order valence-corrected chi connectivity index (χ4v) is 7.46. The van der Waals surface area contributed by atoms with Crippen LogP contribution in [0, 0.1) is 21.3 Å². The first-order chi connectivity index (χ1) is 20.7. The van der Waals surface area contributed by atoms with Gasteiger partial charge in [-0.2, -0.15) is 0 Å². The van der Waals surface area contributed by atoms with Crippen LogP contribution in [0.5, 0.6) is 11.5 Å².